The molecule has 0 saturated carbocycles. The molecule has 5 nitrogen and oxygen atoms in total. The highest BCUT2D eigenvalue weighted by molar-refractivity contribution is 5.94. The van der Waals surface area contributed by atoms with Crippen LogP contribution in [-0.4, -0.2) is 34.9 Å². The Balaban J connectivity index is 0.00000180. The number of aromatic nitrogens is 1. The van der Waals surface area contributed by atoms with E-state index >= 15 is 0 Å². The van der Waals surface area contributed by atoms with Gasteiger partial charge in [0.05, 0.1) is 5.56 Å². The molecule has 1 aromatic rings. The van der Waals surface area contributed by atoms with Crippen LogP contribution in [0, 0.1) is 0 Å². The average molecular weight is 286 g/mol. The van der Waals surface area contributed by atoms with Crippen molar-refractivity contribution in [2.45, 2.75) is 31.7 Å². The molecule has 1 aromatic heterocycles. The first kappa shape index (κ1) is 15.7. The monoisotopic (exact) mass is 285 g/mol. The van der Waals surface area contributed by atoms with Crippen LogP contribution in [0.4, 0.5) is 0 Å². The van der Waals surface area contributed by atoms with Gasteiger partial charge in [0.15, 0.2) is 0 Å². The van der Waals surface area contributed by atoms with Gasteiger partial charge in [0.1, 0.15) is 0 Å². The van der Waals surface area contributed by atoms with Crippen molar-refractivity contribution in [1.29, 1.82) is 0 Å². The molecular weight excluding hydrogens is 266 g/mol. The molecule has 1 aliphatic rings. The number of carbonyl (C=O) groups is 1. The fraction of sp³-hybridized carbons (Fsp3) is 0.538. The minimum atomic E-state index is -0.191. The molecule has 2 rings (SSSR count). The van der Waals surface area contributed by atoms with E-state index < -0.39 is 0 Å². The van der Waals surface area contributed by atoms with E-state index in [1.54, 1.807) is 6.07 Å². The minimum absolute atomic E-state index is 0. The van der Waals surface area contributed by atoms with E-state index in [0.717, 1.165) is 32.2 Å². The number of carbonyl (C=O) groups excluding carboxylic acids is 1. The Morgan fingerprint density at radius 2 is 2.21 bits per heavy atom. The third-order valence-corrected chi connectivity index (χ3v) is 3.42. The third-order valence-electron chi connectivity index (χ3n) is 3.42. The van der Waals surface area contributed by atoms with E-state index in [-0.39, 0.29) is 29.9 Å². The molecule has 106 valence electrons. The van der Waals surface area contributed by atoms with Crippen LogP contribution in [0.1, 0.15) is 36.0 Å². The van der Waals surface area contributed by atoms with E-state index in [9.17, 15) is 9.59 Å². The molecular formula is C13H20ClN3O2. The number of aromatic amines is 1. The summed E-state index contributed by atoms with van der Waals surface area (Å²) in [5.41, 5.74) is 5.94. The molecule has 1 amide bonds. The Kier molecular flexibility index (Phi) is 6.05. The maximum atomic E-state index is 12.4. The standard InChI is InChI=1S/C13H19N3O2.ClH/c14-7-6-11-3-1-2-8-16(11)13(18)10-4-5-12(17)15-9-10;/h4-5,9,11H,1-3,6-8,14H2,(H,15,17);1H. The van der Waals surface area contributed by atoms with Gasteiger partial charge >= 0.3 is 0 Å². The van der Waals surface area contributed by atoms with Gasteiger partial charge in [-0.15, -0.1) is 12.4 Å². The van der Waals surface area contributed by atoms with Gasteiger partial charge in [0.25, 0.3) is 5.91 Å². The number of hydrogen-bond donors (Lipinski definition) is 2. The predicted molar refractivity (Wildman–Crippen MR) is 76.7 cm³/mol. The minimum Gasteiger partial charge on any atom is -0.336 e. The zero-order chi connectivity index (χ0) is 13.0. The number of piperidine rings is 1. The first-order chi connectivity index (χ1) is 8.72. The lowest BCUT2D eigenvalue weighted by Crippen LogP contribution is -2.44. The van der Waals surface area contributed by atoms with Gasteiger partial charge < -0.3 is 15.6 Å². The van der Waals surface area contributed by atoms with Crippen molar-refractivity contribution in [3.8, 4) is 0 Å². The summed E-state index contributed by atoms with van der Waals surface area (Å²) in [6.45, 7) is 1.38. The number of amides is 1. The van der Waals surface area contributed by atoms with Gasteiger partial charge in [0.2, 0.25) is 5.56 Å². The van der Waals surface area contributed by atoms with Crippen LogP contribution in [0.2, 0.25) is 0 Å². The molecule has 0 bridgehead atoms. The second kappa shape index (κ2) is 7.31. The molecule has 19 heavy (non-hydrogen) atoms. The molecule has 1 aliphatic heterocycles. The number of nitrogens with one attached hydrogen (secondary N) is 1. The van der Waals surface area contributed by atoms with Crippen molar-refractivity contribution in [3.63, 3.8) is 0 Å². The zero-order valence-electron chi connectivity index (χ0n) is 10.8. The predicted octanol–water partition coefficient (Wildman–Crippen LogP) is 1.14. The van der Waals surface area contributed by atoms with Crippen molar-refractivity contribution in [1.82, 2.24) is 9.88 Å². The molecule has 0 aromatic carbocycles. The summed E-state index contributed by atoms with van der Waals surface area (Å²) in [7, 11) is 0. The van der Waals surface area contributed by atoms with Crippen molar-refractivity contribution < 1.29 is 4.79 Å². The van der Waals surface area contributed by atoms with Gasteiger partial charge in [0, 0.05) is 24.8 Å². The van der Waals surface area contributed by atoms with Gasteiger partial charge in [-0.2, -0.15) is 0 Å². The quantitative estimate of drug-likeness (QED) is 0.874. The Labute approximate surface area is 118 Å². The largest absolute Gasteiger partial charge is 0.336 e. The Morgan fingerprint density at radius 3 is 2.84 bits per heavy atom. The molecule has 2 heterocycles. The highest BCUT2D eigenvalue weighted by Gasteiger charge is 2.26. The molecule has 0 radical (unpaired) electrons. The molecule has 6 heteroatoms. The van der Waals surface area contributed by atoms with E-state index in [1.165, 1.54) is 12.3 Å². The van der Waals surface area contributed by atoms with Crippen molar-refractivity contribution in [3.05, 3.63) is 34.2 Å². The van der Waals surface area contributed by atoms with Crippen LogP contribution in [-0.2, 0) is 0 Å². The number of H-pyrrole nitrogens is 1. The lowest BCUT2D eigenvalue weighted by molar-refractivity contribution is 0.0604. The van der Waals surface area contributed by atoms with Gasteiger partial charge in [-0.05, 0) is 38.3 Å². The molecule has 1 fully saturated rings. The summed E-state index contributed by atoms with van der Waals surface area (Å²) < 4.78 is 0. The number of likely N-dealkylation sites (tertiary alicyclic amines) is 1. The van der Waals surface area contributed by atoms with Crippen LogP contribution in [0.15, 0.2) is 23.1 Å². The second-order valence-electron chi connectivity index (χ2n) is 4.67. The maximum Gasteiger partial charge on any atom is 0.255 e. The average Bonchev–Trinajstić information content (AvgIpc) is 2.40. The number of rotatable bonds is 3. The summed E-state index contributed by atoms with van der Waals surface area (Å²) in [6, 6.07) is 3.20. The lowest BCUT2D eigenvalue weighted by Gasteiger charge is -2.35. The molecule has 1 atom stereocenters. The van der Waals surface area contributed by atoms with Crippen LogP contribution in [0.25, 0.3) is 0 Å². The van der Waals surface area contributed by atoms with E-state index in [0.29, 0.717) is 12.1 Å². The number of hydrogen-bond acceptors (Lipinski definition) is 3. The van der Waals surface area contributed by atoms with E-state index in [4.69, 9.17) is 5.73 Å². The smallest absolute Gasteiger partial charge is 0.255 e. The fourth-order valence-electron chi connectivity index (χ4n) is 2.47. The number of nitrogens with two attached hydrogens (primary N) is 1. The summed E-state index contributed by atoms with van der Waals surface area (Å²) in [5.74, 6) is -0.00981. The Morgan fingerprint density at radius 1 is 1.42 bits per heavy atom. The Hall–Kier alpha value is -1.33. The van der Waals surface area contributed by atoms with E-state index in [2.05, 4.69) is 4.98 Å². The first-order valence-corrected chi connectivity index (χ1v) is 6.42. The van der Waals surface area contributed by atoms with E-state index in [1.807, 2.05) is 4.90 Å². The van der Waals surface area contributed by atoms with Crippen LogP contribution >= 0.6 is 12.4 Å². The first-order valence-electron chi connectivity index (χ1n) is 6.42. The van der Waals surface area contributed by atoms with Gasteiger partial charge in [-0.1, -0.05) is 0 Å². The van der Waals surface area contributed by atoms with Crippen LogP contribution in [0.5, 0.6) is 0 Å². The summed E-state index contributed by atoms with van der Waals surface area (Å²) in [4.78, 5) is 27.8. The summed E-state index contributed by atoms with van der Waals surface area (Å²) in [6.07, 6.45) is 5.54. The SMILES string of the molecule is Cl.NCCC1CCCCN1C(=O)c1ccc(=O)[nH]c1. The number of pyridine rings is 1. The number of nitrogens with zero attached hydrogens (tertiary/aromatic N) is 1. The van der Waals surface area contributed by atoms with Gasteiger partial charge in [-0.25, -0.2) is 0 Å². The molecule has 3 N–H and O–H groups in total. The molecule has 0 aliphatic carbocycles. The highest BCUT2D eigenvalue weighted by Crippen LogP contribution is 2.21. The Bertz CT molecular complexity index is 453. The van der Waals surface area contributed by atoms with Crippen molar-refractivity contribution >= 4 is 18.3 Å². The highest BCUT2D eigenvalue weighted by atomic mass is 35.5. The third kappa shape index (κ3) is 3.81. The molecule has 0 spiro atoms. The lowest BCUT2D eigenvalue weighted by atomic mass is 9.98. The van der Waals surface area contributed by atoms with Crippen molar-refractivity contribution in [2.75, 3.05) is 13.1 Å². The summed E-state index contributed by atoms with van der Waals surface area (Å²) >= 11 is 0. The number of halogens is 1. The molecule has 1 saturated heterocycles. The van der Waals surface area contributed by atoms with Crippen molar-refractivity contribution in [2.24, 2.45) is 5.73 Å². The zero-order valence-corrected chi connectivity index (χ0v) is 11.6. The van der Waals surface area contributed by atoms with Crippen LogP contribution < -0.4 is 11.3 Å². The van der Waals surface area contributed by atoms with Gasteiger partial charge in [-0.3, -0.25) is 9.59 Å². The molecule has 1 unspecified atom stereocenters. The van der Waals surface area contributed by atoms with Crippen LogP contribution in [0.3, 0.4) is 0 Å². The topological polar surface area (TPSA) is 79.2 Å². The fourth-order valence-corrected chi connectivity index (χ4v) is 2.47. The second-order valence-corrected chi connectivity index (χ2v) is 4.67. The summed E-state index contributed by atoms with van der Waals surface area (Å²) in [5, 5.41) is 0. The normalized spacial score (nSPS) is 18.8. The maximum absolute atomic E-state index is 12.4.